The summed E-state index contributed by atoms with van der Waals surface area (Å²) in [7, 11) is -3.67. The van der Waals surface area contributed by atoms with Crippen molar-refractivity contribution in [1.29, 1.82) is 0 Å². The van der Waals surface area contributed by atoms with Crippen LogP contribution in [0.1, 0.15) is 25.6 Å². The van der Waals surface area contributed by atoms with Crippen LogP contribution in [0.25, 0.3) is 10.9 Å². The number of thiophene rings is 1. The lowest BCUT2D eigenvalue weighted by Crippen LogP contribution is -2.26. The fraction of sp³-hybridized carbons (Fsp3) is 0.235. The highest BCUT2D eigenvalue weighted by atomic mass is 32.2. The third kappa shape index (κ3) is 2.97. The van der Waals surface area contributed by atoms with Crippen molar-refractivity contribution in [1.82, 2.24) is 4.57 Å². The molecule has 0 unspecified atom stereocenters. The lowest BCUT2D eigenvalue weighted by Gasteiger charge is -2.19. The molecule has 5 nitrogen and oxygen atoms in total. The minimum Gasteiger partial charge on any atom is -0.285 e. The average Bonchev–Trinajstić information content (AvgIpc) is 3.15. The van der Waals surface area contributed by atoms with E-state index in [9.17, 15) is 13.2 Å². The number of rotatable bonds is 3. The molecular weight excluding hydrogens is 344 g/mol. The van der Waals surface area contributed by atoms with Crippen LogP contribution in [-0.2, 0) is 10.0 Å². The van der Waals surface area contributed by atoms with Crippen LogP contribution in [0.2, 0.25) is 0 Å². The molecule has 126 valence electrons. The van der Waals surface area contributed by atoms with Gasteiger partial charge in [-0.15, -0.1) is 11.3 Å². The summed E-state index contributed by atoms with van der Waals surface area (Å²) in [5.74, 6) is -0.0970. The molecule has 0 bridgehead atoms. The zero-order valence-electron chi connectivity index (χ0n) is 13.6. The first-order valence-corrected chi connectivity index (χ1v) is 9.78. The van der Waals surface area contributed by atoms with Crippen LogP contribution in [0.3, 0.4) is 0 Å². The van der Waals surface area contributed by atoms with Crippen molar-refractivity contribution in [2.45, 2.75) is 25.0 Å². The number of hydrogen-bond donors (Lipinski definition) is 1. The third-order valence-electron chi connectivity index (χ3n) is 3.58. The second-order valence-electron chi connectivity index (χ2n) is 6.52. The fourth-order valence-corrected chi connectivity index (χ4v) is 4.48. The Balaban J connectivity index is 2.13. The van der Waals surface area contributed by atoms with E-state index in [1.54, 1.807) is 35.8 Å². The predicted octanol–water partition coefficient (Wildman–Crippen LogP) is 4.19. The predicted molar refractivity (Wildman–Crippen MR) is 97.1 cm³/mol. The Bertz CT molecular complexity index is 994. The van der Waals surface area contributed by atoms with Gasteiger partial charge >= 0.3 is 0 Å². The molecule has 2 heterocycles. The highest BCUT2D eigenvalue weighted by Crippen LogP contribution is 2.30. The summed E-state index contributed by atoms with van der Waals surface area (Å²) >= 11 is 1.15. The van der Waals surface area contributed by atoms with Gasteiger partial charge in [0.05, 0.1) is 11.2 Å². The molecule has 0 spiro atoms. The fourth-order valence-electron chi connectivity index (χ4n) is 2.42. The van der Waals surface area contributed by atoms with E-state index in [0.717, 1.165) is 16.7 Å². The second kappa shape index (κ2) is 5.75. The molecule has 0 aliphatic rings. The number of sulfonamides is 1. The first-order chi connectivity index (χ1) is 11.2. The van der Waals surface area contributed by atoms with E-state index >= 15 is 0 Å². The van der Waals surface area contributed by atoms with Gasteiger partial charge in [0.15, 0.2) is 0 Å². The lowest BCUT2D eigenvalue weighted by atomic mass is 9.95. The minimum atomic E-state index is -3.67. The van der Waals surface area contributed by atoms with E-state index in [1.165, 1.54) is 4.57 Å². The van der Waals surface area contributed by atoms with Crippen LogP contribution in [0.15, 0.2) is 52.2 Å². The zero-order valence-corrected chi connectivity index (χ0v) is 15.2. The van der Waals surface area contributed by atoms with Gasteiger partial charge in [-0.2, -0.15) is 0 Å². The van der Waals surface area contributed by atoms with Crippen molar-refractivity contribution in [3.8, 4) is 0 Å². The average molecular weight is 362 g/mol. The van der Waals surface area contributed by atoms with E-state index in [0.29, 0.717) is 11.2 Å². The topological polar surface area (TPSA) is 68.2 Å². The second-order valence-corrected chi connectivity index (χ2v) is 9.38. The third-order valence-corrected chi connectivity index (χ3v) is 6.34. The largest absolute Gasteiger partial charge is 0.285 e. The molecule has 24 heavy (non-hydrogen) atoms. The molecule has 1 N–H and O–H groups in total. The van der Waals surface area contributed by atoms with E-state index in [4.69, 9.17) is 0 Å². The molecule has 7 heteroatoms. The summed E-state index contributed by atoms with van der Waals surface area (Å²) in [6.45, 7) is 5.50. The number of carbonyl (C=O) groups is 1. The number of para-hydroxylation sites is 1. The van der Waals surface area contributed by atoms with E-state index in [1.807, 2.05) is 32.9 Å². The Morgan fingerprint density at radius 3 is 2.50 bits per heavy atom. The smallest absolute Gasteiger partial charge is 0.271 e. The van der Waals surface area contributed by atoms with Gasteiger partial charge in [0, 0.05) is 17.0 Å². The van der Waals surface area contributed by atoms with Crippen molar-refractivity contribution in [2.24, 2.45) is 5.41 Å². The van der Waals surface area contributed by atoms with Crippen molar-refractivity contribution < 1.29 is 13.2 Å². The molecule has 0 aliphatic carbocycles. The maximum atomic E-state index is 12.7. The number of benzene rings is 1. The van der Waals surface area contributed by atoms with Crippen molar-refractivity contribution in [2.75, 3.05) is 4.72 Å². The molecule has 0 atom stereocenters. The maximum Gasteiger partial charge on any atom is 0.271 e. The highest BCUT2D eigenvalue weighted by molar-refractivity contribution is 7.94. The Morgan fingerprint density at radius 2 is 1.88 bits per heavy atom. The molecule has 1 aromatic carbocycles. The van der Waals surface area contributed by atoms with Gasteiger partial charge in [-0.25, -0.2) is 8.42 Å². The maximum absolute atomic E-state index is 12.7. The molecule has 0 aliphatic heterocycles. The van der Waals surface area contributed by atoms with Crippen molar-refractivity contribution in [3.05, 3.63) is 48.0 Å². The van der Waals surface area contributed by atoms with Crippen molar-refractivity contribution in [3.63, 3.8) is 0 Å². The van der Waals surface area contributed by atoms with Crippen LogP contribution >= 0.6 is 11.3 Å². The van der Waals surface area contributed by atoms with Gasteiger partial charge in [0.1, 0.15) is 4.21 Å². The van der Waals surface area contributed by atoms with Crippen LogP contribution in [0.4, 0.5) is 5.69 Å². The summed E-state index contributed by atoms with van der Waals surface area (Å²) in [6.07, 6.45) is 1.68. The Kier molecular flexibility index (Phi) is 4.01. The van der Waals surface area contributed by atoms with Gasteiger partial charge in [0.2, 0.25) is 5.91 Å². The van der Waals surface area contributed by atoms with Crippen LogP contribution in [0, 0.1) is 5.41 Å². The summed E-state index contributed by atoms with van der Waals surface area (Å²) in [6, 6.07) is 10.3. The molecule has 2 aromatic heterocycles. The molecule has 0 saturated carbocycles. The molecule has 0 amide bonds. The number of nitrogens with zero attached hydrogens (tertiary/aromatic N) is 1. The summed E-state index contributed by atoms with van der Waals surface area (Å²) in [5.41, 5.74) is 0.382. The summed E-state index contributed by atoms with van der Waals surface area (Å²) in [5, 5.41) is 2.51. The number of nitrogens with one attached hydrogen (secondary N) is 1. The number of aromatic nitrogens is 1. The van der Waals surface area contributed by atoms with Gasteiger partial charge < -0.3 is 0 Å². The van der Waals surface area contributed by atoms with Gasteiger partial charge in [-0.05, 0) is 23.6 Å². The molecule has 0 radical (unpaired) electrons. The SMILES string of the molecule is CC(C)(C)C(=O)n1ccc2cccc(NS(=O)(=O)c3cccs3)c21. The quantitative estimate of drug-likeness (QED) is 0.759. The number of hydrogen-bond acceptors (Lipinski definition) is 4. The van der Waals surface area contributed by atoms with E-state index in [-0.39, 0.29) is 10.1 Å². The van der Waals surface area contributed by atoms with Gasteiger partial charge in [-0.1, -0.05) is 39.0 Å². The summed E-state index contributed by atoms with van der Waals surface area (Å²) in [4.78, 5) is 12.7. The normalized spacial score (nSPS) is 12.5. The highest BCUT2D eigenvalue weighted by Gasteiger charge is 2.26. The van der Waals surface area contributed by atoms with Gasteiger partial charge in [-0.3, -0.25) is 14.1 Å². The molecule has 0 saturated heterocycles. The Morgan fingerprint density at radius 1 is 1.12 bits per heavy atom. The number of fused-ring (bicyclic) bond motifs is 1. The molecular formula is C17H18N2O3S2. The van der Waals surface area contributed by atoms with E-state index < -0.39 is 15.4 Å². The number of carbonyl (C=O) groups excluding carboxylic acids is 1. The molecule has 3 rings (SSSR count). The van der Waals surface area contributed by atoms with Crippen LogP contribution < -0.4 is 4.72 Å². The Hall–Kier alpha value is -2.12. The lowest BCUT2D eigenvalue weighted by molar-refractivity contribution is 0.0773. The van der Waals surface area contributed by atoms with Gasteiger partial charge in [0.25, 0.3) is 10.0 Å². The first-order valence-electron chi connectivity index (χ1n) is 7.41. The van der Waals surface area contributed by atoms with Crippen LogP contribution in [-0.4, -0.2) is 18.9 Å². The number of anilines is 1. The standard InChI is InChI=1S/C17H18N2O3S2/c1-17(2,3)16(20)19-10-9-12-6-4-7-13(15(12)19)18-24(21,22)14-8-5-11-23-14/h4-11,18H,1-3H3. The first kappa shape index (κ1) is 16.7. The van der Waals surface area contributed by atoms with Crippen LogP contribution in [0.5, 0.6) is 0 Å². The zero-order chi connectivity index (χ0) is 17.5. The summed E-state index contributed by atoms with van der Waals surface area (Å²) < 4.78 is 29.4. The molecule has 0 fully saturated rings. The Labute approximate surface area is 145 Å². The molecule has 3 aromatic rings. The minimum absolute atomic E-state index is 0.0970. The van der Waals surface area contributed by atoms with Crippen molar-refractivity contribution >= 4 is 43.9 Å². The monoisotopic (exact) mass is 362 g/mol. The van der Waals surface area contributed by atoms with E-state index in [2.05, 4.69) is 4.72 Å².